The molecule has 0 bridgehead atoms. The van der Waals surface area contributed by atoms with Crippen LogP contribution in [0.15, 0.2) is 48.5 Å². The van der Waals surface area contributed by atoms with Gasteiger partial charge in [0.25, 0.3) is 0 Å². The fourth-order valence-electron chi connectivity index (χ4n) is 1.65. The minimum atomic E-state index is -1.24. The van der Waals surface area contributed by atoms with Crippen molar-refractivity contribution in [3.8, 4) is 11.5 Å². The van der Waals surface area contributed by atoms with E-state index in [1.807, 2.05) is 30.3 Å². The van der Waals surface area contributed by atoms with Crippen LogP contribution in [0.3, 0.4) is 0 Å². The Morgan fingerprint density at radius 3 is 2.40 bits per heavy atom. The summed E-state index contributed by atoms with van der Waals surface area (Å²) in [6.07, 6.45) is 0. The topological polar surface area (TPSA) is 58.6 Å². The average molecular weight is 280 g/mol. The van der Waals surface area contributed by atoms with Gasteiger partial charge in [-0.05, 0) is 23.8 Å². The van der Waals surface area contributed by atoms with Crippen LogP contribution >= 0.6 is 0 Å². The second kappa shape index (κ2) is 7.94. The van der Waals surface area contributed by atoms with Crippen molar-refractivity contribution in [1.82, 2.24) is 0 Å². The molecule has 4 nitrogen and oxygen atoms in total. The van der Waals surface area contributed by atoms with Gasteiger partial charge in [0.15, 0.2) is 11.5 Å². The maximum atomic E-state index is 10.8. The molecular formula is C15H13NaO4. The first kappa shape index (κ1) is 16.6. The quantitative estimate of drug-likeness (QED) is 0.635. The molecule has 2 rings (SSSR count). The third-order valence-electron chi connectivity index (χ3n) is 2.64. The van der Waals surface area contributed by atoms with Crippen LogP contribution in [0.25, 0.3) is 0 Å². The van der Waals surface area contributed by atoms with Gasteiger partial charge in [-0.1, -0.05) is 30.3 Å². The summed E-state index contributed by atoms with van der Waals surface area (Å²) in [6, 6.07) is 14.0. The molecule has 0 saturated carbocycles. The predicted molar refractivity (Wildman–Crippen MR) is 68.1 cm³/mol. The van der Waals surface area contributed by atoms with E-state index in [2.05, 4.69) is 0 Å². The molecule has 2 aromatic rings. The molecule has 0 saturated heterocycles. The van der Waals surface area contributed by atoms with Gasteiger partial charge in [0.2, 0.25) is 0 Å². The first-order valence-corrected chi connectivity index (χ1v) is 5.77. The molecule has 5 heteroatoms. The van der Waals surface area contributed by atoms with Gasteiger partial charge in [-0.25, -0.2) is 0 Å². The molecule has 0 aromatic heterocycles. The van der Waals surface area contributed by atoms with E-state index in [9.17, 15) is 9.90 Å². The Kier molecular flexibility index (Phi) is 6.58. The Balaban J connectivity index is 0.00000200. The van der Waals surface area contributed by atoms with Crippen LogP contribution < -0.4 is 44.1 Å². The van der Waals surface area contributed by atoms with E-state index in [1.165, 1.54) is 19.2 Å². The van der Waals surface area contributed by atoms with Crippen LogP contribution in [0.1, 0.15) is 15.9 Å². The number of ether oxygens (including phenoxy) is 2. The number of benzene rings is 2. The maximum absolute atomic E-state index is 10.8. The van der Waals surface area contributed by atoms with Crippen molar-refractivity contribution in [3.05, 3.63) is 59.7 Å². The third kappa shape index (κ3) is 4.27. The normalized spacial score (nSPS) is 9.45. The summed E-state index contributed by atoms with van der Waals surface area (Å²) in [5, 5.41) is 10.8. The van der Waals surface area contributed by atoms with Crippen molar-refractivity contribution in [1.29, 1.82) is 0 Å². The molecule has 0 aliphatic heterocycles. The summed E-state index contributed by atoms with van der Waals surface area (Å²) < 4.78 is 10.7. The molecule has 0 spiro atoms. The van der Waals surface area contributed by atoms with Gasteiger partial charge in [0.05, 0.1) is 13.1 Å². The molecule has 0 fully saturated rings. The smallest absolute Gasteiger partial charge is 0.545 e. The van der Waals surface area contributed by atoms with Gasteiger partial charge < -0.3 is 19.4 Å². The predicted octanol–water partition coefficient (Wildman–Crippen LogP) is -1.36. The van der Waals surface area contributed by atoms with Crippen molar-refractivity contribution in [2.75, 3.05) is 7.11 Å². The number of carboxylic acid groups (broad SMARTS) is 1. The van der Waals surface area contributed by atoms with E-state index >= 15 is 0 Å². The van der Waals surface area contributed by atoms with Gasteiger partial charge in [0.1, 0.15) is 6.61 Å². The van der Waals surface area contributed by atoms with E-state index in [4.69, 9.17) is 9.47 Å². The SMILES string of the molecule is COc1cc(C(=O)[O-])ccc1OCc1ccccc1.[Na+]. The summed E-state index contributed by atoms with van der Waals surface area (Å²) in [7, 11) is 1.46. The molecule has 0 amide bonds. The van der Waals surface area contributed by atoms with Crippen molar-refractivity contribution in [2.45, 2.75) is 6.61 Å². The number of methoxy groups -OCH3 is 1. The minimum absolute atomic E-state index is 0. The van der Waals surface area contributed by atoms with Crippen LogP contribution in [-0.4, -0.2) is 13.1 Å². The number of hydrogen-bond donors (Lipinski definition) is 0. The second-order valence-corrected chi connectivity index (χ2v) is 3.93. The Bertz CT molecular complexity index is 569. The Morgan fingerprint density at radius 2 is 1.80 bits per heavy atom. The van der Waals surface area contributed by atoms with Gasteiger partial charge in [-0.3, -0.25) is 0 Å². The standard InChI is InChI=1S/C15H14O4.Na/c1-18-14-9-12(15(16)17)7-8-13(14)19-10-11-5-3-2-4-6-11;/h2-9H,10H2,1H3,(H,16,17);/q;+1/p-1. The van der Waals surface area contributed by atoms with Gasteiger partial charge in [-0.2, -0.15) is 0 Å². The molecule has 0 N–H and O–H groups in total. The van der Waals surface area contributed by atoms with Gasteiger partial charge in [-0.15, -0.1) is 0 Å². The molecule has 0 aliphatic carbocycles. The van der Waals surface area contributed by atoms with Crippen molar-refractivity contribution in [2.24, 2.45) is 0 Å². The fraction of sp³-hybridized carbons (Fsp3) is 0.133. The van der Waals surface area contributed by atoms with E-state index in [0.29, 0.717) is 18.1 Å². The van der Waals surface area contributed by atoms with E-state index in [1.54, 1.807) is 6.07 Å². The Morgan fingerprint density at radius 1 is 1.10 bits per heavy atom. The van der Waals surface area contributed by atoms with E-state index in [0.717, 1.165) is 5.56 Å². The van der Waals surface area contributed by atoms with E-state index < -0.39 is 5.97 Å². The zero-order chi connectivity index (χ0) is 13.7. The molecular weight excluding hydrogens is 267 g/mol. The fourth-order valence-corrected chi connectivity index (χ4v) is 1.65. The Labute approximate surface area is 139 Å². The molecule has 2 aromatic carbocycles. The van der Waals surface area contributed by atoms with Crippen LogP contribution in [0, 0.1) is 0 Å². The van der Waals surface area contributed by atoms with Crippen molar-refractivity contribution in [3.63, 3.8) is 0 Å². The van der Waals surface area contributed by atoms with Crippen LogP contribution in [0.5, 0.6) is 11.5 Å². The summed E-state index contributed by atoms with van der Waals surface area (Å²) >= 11 is 0. The van der Waals surface area contributed by atoms with Crippen LogP contribution in [-0.2, 0) is 6.61 Å². The molecule has 0 aliphatic rings. The molecule has 98 valence electrons. The Hall–Kier alpha value is -1.49. The number of carboxylic acids is 1. The van der Waals surface area contributed by atoms with E-state index in [-0.39, 0.29) is 35.1 Å². The summed E-state index contributed by atoms with van der Waals surface area (Å²) in [5.41, 5.74) is 1.08. The number of aromatic carboxylic acids is 1. The number of carbonyl (C=O) groups is 1. The summed E-state index contributed by atoms with van der Waals surface area (Å²) in [4.78, 5) is 10.8. The number of rotatable bonds is 5. The minimum Gasteiger partial charge on any atom is -0.545 e. The number of hydrogen-bond acceptors (Lipinski definition) is 4. The molecule has 0 heterocycles. The summed E-state index contributed by atoms with van der Waals surface area (Å²) in [6.45, 7) is 0.391. The molecule has 0 radical (unpaired) electrons. The zero-order valence-electron chi connectivity index (χ0n) is 11.5. The second-order valence-electron chi connectivity index (χ2n) is 3.93. The maximum Gasteiger partial charge on any atom is 1.00 e. The van der Waals surface area contributed by atoms with Crippen LogP contribution in [0.2, 0.25) is 0 Å². The largest absolute Gasteiger partial charge is 1.00 e. The average Bonchev–Trinajstić information content (AvgIpc) is 2.45. The van der Waals surface area contributed by atoms with Gasteiger partial charge >= 0.3 is 29.6 Å². The number of carbonyl (C=O) groups excluding carboxylic acids is 1. The van der Waals surface area contributed by atoms with Crippen LogP contribution in [0.4, 0.5) is 0 Å². The van der Waals surface area contributed by atoms with Crippen molar-refractivity contribution < 1.29 is 48.9 Å². The third-order valence-corrected chi connectivity index (χ3v) is 2.64. The molecule has 20 heavy (non-hydrogen) atoms. The monoisotopic (exact) mass is 280 g/mol. The first-order valence-electron chi connectivity index (χ1n) is 5.77. The summed E-state index contributed by atoms with van der Waals surface area (Å²) in [5.74, 6) is -0.373. The molecule has 0 unspecified atom stereocenters. The van der Waals surface area contributed by atoms with Gasteiger partial charge in [0, 0.05) is 5.56 Å². The first-order chi connectivity index (χ1) is 9.20. The molecule has 0 atom stereocenters. The zero-order valence-corrected chi connectivity index (χ0v) is 13.5. The van der Waals surface area contributed by atoms with Crippen molar-refractivity contribution >= 4 is 5.97 Å².